The molecule has 3 rings (SSSR count). The van der Waals surface area contributed by atoms with E-state index in [4.69, 9.17) is 9.84 Å². The minimum absolute atomic E-state index is 0.109. The van der Waals surface area contributed by atoms with Gasteiger partial charge in [-0.3, -0.25) is 4.79 Å². The van der Waals surface area contributed by atoms with Gasteiger partial charge in [0.15, 0.2) is 0 Å². The van der Waals surface area contributed by atoms with Crippen molar-refractivity contribution in [3.05, 3.63) is 47.4 Å². The normalized spacial score (nSPS) is 10.8. The van der Waals surface area contributed by atoms with E-state index in [-0.39, 0.29) is 19.1 Å². The number of hydrogen-bond acceptors (Lipinski definition) is 6. The number of amides is 1. The van der Waals surface area contributed by atoms with E-state index in [9.17, 15) is 4.79 Å². The number of rotatable bonds is 5. The SMILES string of the molecule is Cc1nc2ncnn2c(Oc2cccc(C(=O)NCCO)c2)c1C. The predicted octanol–water partition coefficient (Wildman–Crippen LogP) is 1.26. The zero-order chi connectivity index (χ0) is 17.1. The Hall–Kier alpha value is -3.00. The number of fused-ring (bicyclic) bond motifs is 1. The lowest BCUT2D eigenvalue weighted by atomic mass is 10.2. The molecular formula is C16H17N5O3. The van der Waals surface area contributed by atoms with E-state index in [1.165, 1.54) is 10.8 Å². The lowest BCUT2D eigenvalue weighted by Crippen LogP contribution is -2.26. The number of aliphatic hydroxyl groups excluding tert-OH is 1. The number of ether oxygens (including phenoxy) is 1. The summed E-state index contributed by atoms with van der Waals surface area (Å²) in [5.41, 5.74) is 2.07. The molecule has 24 heavy (non-hydrogen) atoms. The zero-order valence-electron chi connectivity index (χ0n) is 13.4. The summed E-state index contributed by atoms with van der Waals surface area (Å²) >= 11 is 0. The maximum atomic E-state index is 12.0. The van der Waals surface area contributed by atoms with Crippen LogP contribution in [0.5, 0.6) is 11.6 Å². The third-order valence-electron chi connectivity index (χ3n) is 3.56. The number of carbonyl (C=O) groups is 1. The number of nitrogens with one attached hydrogen (secondary N) is 1. The van der Waals surface area contributed by atoms with Crippen LogP contribution in [0.15, 0.2) is 30.6 Å². The number of aryl methyl sites for hydroxylation is 1. The lowest BCUT2D eigenvalue weighted by molar-refractivity contribution is 0.0944. The molecule has 2 heterocycles. The number of benzene rings is 1. The molecule has 8 heteroatoms. The molecule has 2 N–H and O–H groups in total. The molecule has 3 aromatic rings. The maximum Gasteiger partial charge on any atom is 0.255 e. The molecule has 0 aliphatic carbocycles. The van der Waals surface area contributed by atoms with E-state index in [0.717, 1.165) is 11.3 Å². The minimum Gasteiger partial charge on any atom is -0.438 e. The van der Waals surface area contributed by atoms with Crippen molar-refractivity contribution in [2.24, 2.45) is 0 Å². The highest BCUT2D eigenvalue weighted by Crippen LogP contribution is 2.26. The molecule has 2 aromatic heterocycles. The molecule has 8 nitrogen and oxygen atoms in total. The molecule has 0 radical (unpaired) electrons. The Labute approximate surface area is 138 Å². The van der Waals surface area contributed by atoms with Crippen molar-refractivity contribution >= 4 is 11.7 Å². The zero-order valence-corrected chi connectivity index (χ0v) is 13.4. The van der Waals surface area contributed by atoms with Gasteiger partial charge in [0.05, 0.1) is 6.61 Å². The number of nitrogens with zero attached hydrogens (tertiary/aromatic N) is 4. The molecule has 0 unspecified atom stereocenters. The second-order valence-corrected chi connectivity index (χ2v) is 5.21. The summed E-state index contributed by atoms with van der Waals surface area (Å²) in [6, 6.07) is 6.78. The Kier molecular flexibility index (Phi) is 4.39. The van der Waals surface area contributed by atoms with Gasteiger partial charge in [0.1, 0.15) is 12.1 Å². The van der Waals surface area contributed by atoms with Crippen molar-refractivity contribution in [3.63, 3.8) is 0 Å². The molecule has 0 bridgehead atoms. The summed E-state index contributed by atoms with van der Waals surface area (Å²) in [5, 5.41) is 15.5. The largest absolute Gasteiger partial charge is 0.438 e. The fraction of sp³-hybridized carbons (Fsp3) is 0.250. The fourth-order valence-corrected chi connectivity index (χ4v) is 2.21. The van der Waals surface area contributed by atoms with Crippen molar-refractivity contribution in [2.45, 2.75) is 13.8 Å². The van der Waals surface area contributed by atoms with Crippen LogP contribution < -0.4 is 10.1 Å². The average Bonchev–Trinajstić information content (AvgIpc) is 3.05. The van der Waals surface area contributed by atoms with Gasteiger partial charge >= 0.3 is 0 Å². The van der Waals surface area contributed by atoms with Gasteiger partial charge in [-0.2, -0.15) is 14.6 Å². The first kappa shape index (κ1) is 15.9. The maximum absolute atomic E-state index is 12.0. The highest BCUT2D eigenvalue weighted by atomic mass is 16.5. The topological polar surface area (TPSA) is 102 Å². The van der Waals surface area contributed by atoms with Crippen molar-refractivity contribution in [1.82, 2.24) is 24.9 Å². The number of aromatic nitrogens is 4. The second-order valence-electron chi connectivity index (χ2n) is 5.21. The number of hydrogen-bond donors (Lipinski definition) is 2. The third-order valence-corrected chi connectivity index (χ3v) is 3.56. The number of aliphatic hydroxyl groups is 1. The quantitative estimate of drug-likeness (QED) is 0.731. The van der Waals surface area contributed by atoms with Crippen molar-refractivity contribution in [1.29, 1.82) is 0 Å². The van der Waals surface area contributed by atoms with Crippen molar-refractivity contribution in [2.75, 3.05) is 13.2 Å². The average molecular weight is 327 g/mol. The van der Waals surface area contributed by atoms with Gasteiger partial charge in [0.25, 0.3) is 11.7 Å². The van der Waals surface area contributed by atoms with Crippen LogP contribution in [0.4, 0.5) is 0 Å². The first-order valence-electron chi connectivity index (χ1n) is 7.44. The van der Waals surface area contributed by atoms with Crippen molar-refractivity contribution < 1.29 is 14.6 Å². The van der Waals surface area contributed by atoms with Gasteiger partial charge < -0.3 is 15.2 Å². The van der Waals surface area contributed by atoms with E-state index >= 15 is 0 Å². The Morgan fingerprint density at radius 1 is 1.38 bits per heavy atom. The monoisotopic (exact) mass is 327 g/mol. The Balaban J connectivity index is 1.93. The summed E-state index contributed by atoms with van der Waals surface area (Å²) < 4.78 is 7.46. The fourth-order valence-electron chi connectivity index (χ4n) is 2.21. The summed E-state index contributed by atoms with van der Waals surface area (Å²) in [4.78, 5) is 20.4. The van der Waals surface area contributed by atoms with E-state index in [1.54, 1.807) is 24.3 Å². The molecule has 0 fully saturated rings. The van der Waals surface area contributed by atoms with Crippen LogP contribution in [-0.4, -0.2) is 43.7 Å². The first-order valence-corrected chi connectivity index (χ1v) is 7.44. The highest BCUT2D eigenvalue weighted by Gasteiger charge is 2.14. The van der Waals surface area contributed by atoms with Gasteiger partial charge in [-0.1, -0.05) is 6.07 Å². The van der Waals surface area contributed by atoms with Crippen LogP contribution in [-0.2, 0) is 0 Å². The van der Waals surface area contributed by atoms with Gasteiger partial charge in [-0.15, -0.1) is 0 Å². The Bertz CT molecular complexity index is 891. The summed E-state index contributed by atoms with van der Waals surface area (Å²) in [6.45, 7) is 3.85. The Morgan fingerprint density at radius 3 is 3.00 bits per heavy atom. The van der Waals surface area contributed by atoms with E-state index in [0.29, 0.717) is 23.0 Å². The molecular weight excluding hydrogens is 310 g/mol. The summed E-state index contributed by atoms with van der Waals surface area (Å²) in [5.74, 6) is 1.17. The van der Waals surface area contributed by atoms with Crippen LogP contribution in [0.25, 0.3) is 5.78 Å². The van der Waals surface area contributed by atoms with Crippen LogP contribution >= 0.6 is 0 Å². The Morgan fingerprint density at radius 2 is 2.21 bits per heavy atom. The number of carbonyl (C=O) groups excluding carboxylic acids is 1. The third kappa shape index (κ3) is 3.04. The van der Waals surface area contributed by atoms with Crippen LogP contribution in [0.2, 0.25) is 0 Å². The highest BCUT2D eigenvalue weighted by molar-refractivity contribution is 5.94. The van der Waals surface area contributed by atoms with Gasteiger partial charge in [0, 0.05) is 23.4 Å². The molecule has 0 aliphatic rings. The lowest BCUT2D eigenvalue weighted by Gasteiger charge is -2.12. The molecule has 0 saturated carbocycles. The van der Waals surface area contributed by atoms with Crippen LogP contribution in [0, 0.1) is 13.8 Å². The molecule has 0 aliphatic heterocycles. The molecule has 1 amide bonds. The van der Waals surface area contributed by atoms with Crippen LogP contribution in [0.1, 0.15) is 21.6 Å². The molecule has 0 spiro atoms. The standard InChI is InChI=1S/C16H17N5O3/c1-10-11(2)20-16-18-9-19-21(16)15(10)24-13-5-3-4-12(8-13)14(23)17-6-7-22/h3-5,8-9,22H,6-7H2,1-2H3,(H,17,23). The van der Waals surface area contributed by atoms with Gasteiger partial charge in [0.2, 0.25) is 5.88 Å². The summed E-state index contributed by atoms with van der Waals surface area (Å²) in [7, 11) is 0. The molecule has 1 aromatic carbocycles. The van der Waals surface area contributed by atoms with E-state index in [2.05, 4.69) is 20.4 Å². The smallest absolute Gasteiger partial charge is 0.255 e. The molecule has 0 saturated heterocycles. The molecule has 0 atom stereocenters. The van der Waals surface area contributed by atoms with Gasteiger partial charge in [-0.25, -0.2) is 4.98 Å². The van der Waals surface area contributed by atoms with Gasteiger partial charge in [-0.05, 0) is 32.0 Å². The second kappa shape index (κ2) is 6.63. The predicted molar refractivity (Wildman–Crippen MR) is 86.2 cm³/mol. The summed E-state index contributed by atoms with van der Waals surface area (Å²) in [6.07, 6.45) is 1.41. The van der Waals surface area contributed by atoms with Crippen molar-refractivity contribution in [3.8, 4) is 11.6 Å². The molecule has 124 valence electrons. The first-order chi connectivity index (χ1) is 11.6. The van der Waals surface area contributed by atoms with E-state index in [1.807, 2.05) is 13.8 Å². The van der Waals surface area contributed by atoms with E-state index < -0.39 is 0 Å². The van der Waals surface area contributed by atoms with Crippen LogP contribution in [0.3, 0.4) is 0 Å². The minimum atomic E-state index is -0.275.